The minimum absolute atomic E-state index is 0.109. The lowest BCUT2D eigenvalue weighted by Crippen LogP contribution is -2.31. The fraction of sp³-hybridized carbons (Fsp3) is 0.429. The first-order valence-electron chi connectivity index (χ1n) is 5.80. The summed E-state index contributed by atoms with van der Waals surface area (Å²) in [5.74, 6) is -1.95. The van der Waals surface area contributed by atoms with Crippen LogP contribution < -0.4 is 0 Å². The Bertz CT molecular complexity index is 423. The number of benzene rings is 1. The number of carbonyl (C=O) groups is 2. The van der Waals surface area contributed by atoms with Crippen LogP contribution in [0.2, 0.25) is 0 Å². The number of halogens is 1. The Hall–Kier alpha value is -1.71. The molecule has 0 aliphatic rings. The van der Waals surface area contributed by atoms with Crippen LogP contribution in [0.4, 0.5) is 4.39 Å². The molecular weight excluding hydrogens is 235 g/mol. The van der Waals surface area contributed by atoms with Gasteiger partial charge in [0.1, 0.15) is 11.7 Å². The summed E-state index contributed by atoms with van der Waals surface area (Å²) in [5.41, 5.74) is 0.691. The van der Waals surface area contributed by atoms with Crippen LogP contribution in [-0.4, -0.2) is 18.9 Å². The van der Waals surface area contributed by atoms with Gasteiger partial charge in [-0.05, 0) is 23.6 Å². The van der Waals surface area contributed by atoms with Crippen molar-refractivity contribution in [3.8, 4) is 0 Å². The van der Waals surface area contributed by atoms with Crippen LogP contribution >= 0.6 is 0 Å². The molecule has 0 heterocycles. The highest BCUT2D eigenvalue weighted by molar-refractivity contribution is 6.00. The van der Waals surface area contributed by atoms with E-state index >= 15 is 0 Å². The smallest absolute Gasteiger partial charge is 0.316 e. The minimum atomic E-state index is -0.764. The van der Waals surface area contributed by atoms with E-state index in [4.69, 9.17) is 0 Å². The molecule has 0 bridgehead atoms. The third-order valence-electron chi connectivity index (χ3n) is 2.76. The van der Waals surface area contributed by atoms with Gasteiger partial charge in [-0.1, -0.05) is 26.0 Å². The van der Waals surface area contributed by atoms with E-state index in [1.807, 2.05) is 0 Å². The van der Waals surface area contributed by atoms with Gasteiger partial charge >= 0.3 is 5.97 Å². The minimum Gasteiger partial charge on any atom is -0.468 e. The number of ether oxygens (including phenoxy) is 1. The molecule has 0 fully saturated rings. The summed E-state index contributed by atoms with van der Waals surface area (Å²) >= 11 is 0. The lowest BCUT2D eigenvalue weighted by molar-refractivity contribution is -0.151. The molecule has 0 aliphatic heterocycles. The van der Waals surface area contributed by atoms with Crippen molar-refractivity contribution in [2.75, 3.05) is 7.11 Å². The van der Waals surface area contributed by atoms with Crippen molar-refractivity contribution < 1.29 is 18.7 Å². The van der Waals surface area contributed by atoms with E-state index < -0.39 is 11.9 Å². The molecule has 0 saturated heterocycles. The third-order valence-corrected chi connectivity index (χ3v) is 2.76. The summed E-state index contributed by atoms with van der Waals surface area (Å²) in [5, 5.41) is 0. The van der Waals surface area contributed by atoms with E-state index in [1.165, 1.54) is 19.2 Å². The molecule has 0 aliphatic carbocycles. The van der Waals surface area contributed by atoms with Crippen molar-refractivity contribution in [1.29, 1.82) is 0 Å². The Labute approximate surface area is 106 Å². The molecule has 1 aromatic rings. The quantitative estimate of drug-likeness (QED) is 0.597. The van der Waals surface area contributed by atoms with Crippen LogP contribution in [0.5, 0.6) is 0 Å². The summed E-state index contributed by atoms with van der Waals surface area (Å²) in [6.45, 7) is 3.59. The highest BCUT2D eigenvalue weighted by Crippen LogP contribution is 2.17. The Morgan fingerprint density at radius 1 is 1.22 bits per heavy atom. The number of Topliss-reactive ketones (excluding diaryl/α,β-unsaturated/α-hetero) is 1. The number of carbonyl (C=O) groups excluding carboxylic acids is 2. The first kappa shape index (κ1) is 14.4. The topological polar surface area (TPSA) is 43.4 Å². The molecule has 18 heavy (non-hydrogen) atoms. The standard InChI is InChI=1S/C14H17FO3/c1-9(2)13(14(17)18-3)12(16)8-10-4-6-11(15)7-5-10/h4-7,9,13H,8H2,1-3H3. The van der Waals surface area contributed by atoms with Crippen molar-refractivity contribution in [2.45, 2.75) is 20.3 Å². The van der Waals surface area contributed by atoms with Gasteiger partial charge in [0.2, 0.25) is 0 Å². The summed E-state index contributed by atoms with van der Waals surface area (Å²) in [4.78, 5) is 23.6. The normalized spacial score (nSPS) is 12.3. The second-order valence-electron chi connectivity index (χ2n) is 4.51. The van der Waals surface area contributed by atoms with Gasteiger partial charge in [0, 0.05) is 6.42 Å². The Morgan fingerprint density at radius 2 is 1.78 bits per heavy atom. The number of hydrogen-bond acceptors (Lipinski definition) is 3. The zero-order chi connectivity index (χ0) is 13.7. The molecule has 0 aromatic heterocycles. The predicted octanol–water partition coefficient (Wildman–Crippen LogP) is 2.38. The first-order valence-corrected chi connectivity index (χ1v) is 5.80. The predicted molar refractivity (Wildman–Crippen MR) is 65.5 cm³/mol. The molecule has 0 N–H and O–H groups in total. The molecular formula is C14H17FO3. The average Bonchev–Trinajstić information content (AvgIpc) is 2.31. The van der Waals surface area contributed by atoms with Gasteiger partial charge in [-0.2, -0.15) is 0 Å². The Kier molecular flexibility index (Phi) is 5.01. The largest absolute Gasteiger partial charge is 0.468 e. The van der Waals surface area contributed by atoms with Crippen LogP contribution in [0.25, 0.3) is 0 Å². The zero-order valence-corrected chi connectivity index (χ0v) is 10.8. The van der Waals surface area contributed by atoms with Crippen LogP contribution in [0.3, 0.4) is 0 Å². The molecule has 0 radical (unpaired) electrons. The van der Waals surface area contributed by atoms with Crippen molar-refractivity contribution >= 4 is 11.8 Å². The SMILES string of the molecule is COC(=O)C(C(=O)Cc1ccc(F)cc1)C(C)C. The molecule has 1 unspecified atom stereocenters. The fourth-order valence-corrected chi connectivity index (χ4v) is 1.82. The van der Waals surface area contributed by atoms with Gasteiger partial charge in [-0.25, -0.2) is 4.39 Å². The Balaban J connectivity index is 2.79. The second kappa shape index (κ2) is 6.28. The van der Waals surface area contributed by atoms with Crippen LogP contribution in [-0.2, 0) is 20.7 Å². The molecule has 0 amide bonds. The maximum atomic E-state index is 12.7. The van der Waals surface area contributed by atoms with Gasteiger partial charge in [0.05, 0.1) is 7.11 Å². The molecule has 1 atom stereocenters. The number of rotatable bonds is 5. The number of methoxy groups -OCH3 is 1. The van der Waals surface area contributed by atoms with Gasteiger partial charge < -0.3 is 4.74 Å². The number of hydrogen-bond donors (Lipinski definition) is 0. The van der Waals surface area contributed by atoms with E-state index in [1.54, 1.807) is 26.0 Å². The summed E-state index contributed by atoms with van der Waals surface area (Å²) in [7, 11) is 1.27. The van der Waals surface area contributed by atoms with Crippen molar-refractivity contribution in [2.24, 2.45) is 11.8 Å². The highest BCUT2D eigenvalue weighted by Gasteiger charge is 2.30. The Morgan fingerprint density at radius 3 is 2.22 bits per heavy atom. The van der Waals surface area contributed by atoms with Gasteiger partial charge in [0.15, 0.2) is 5.78 Å². The molecule has 3 nitrogen and oxygen atoms in total. The van der Waals surface area contributed by atoms with Crippen LogP contribution in [0.1, 0.15) is 19.4 Å². The molecule has 1 rings (SSSR count). The van der Waals surface area contributed by atoms with Crippen LogP contribution in [0, 0.1) is 17.7 Å². The summed E-state index contributed by atoms with van der Waals surface area (Å²) < 4.78 is 17.4. The monoisotopic (exact) mass is 252 g/mol. The van der Waals surface area contributed by atoms with Gasteiger partial charge in [0.25, 0.3) is 0 Å². The second-order valence-corrected chi connectivity index (χ2v) is 4.51. The lowest BCUT2D eigenvalue weighted by atomic mass is 9.88. The average molecular weight is 252 g/mol. The van der Waals surface area contributed by atoms with E-state index in [0.29, 0.717) is 5.56 Å². The zero-order valence-electron chi connectivity index (χ0n) is 10.8. The molecule has 4 heteroatoms. The van der Waals surface area contributed by atoms with Gasteiger partial charge in [-0.15, -0.1) is 0 Å². The molecule has 0 spiro atoms. The maximum absolute atomic E-state index is 12.7. The van der Waals surface area contributed by atoms with Crippen molar-refractivity contribution in [3.63, 3.8) is 0 Å². The first-order chi connectivity index (χ1) is 8.45. The maximum Gasteiger partial charge on any atom is 0.316 e. The van der Waals surface area contributed by atoms with E-state index in [0.717, 1.165) is 0 Å². The van der Waals surface area contributed by atoms with E-state index in [-0.39, 0.29) is 23.9 Å². The van der Waals surface area contributed by atoms with E-state index in [2.05, 4.69) is 4.74 Å². The highest BCUT2D eigenvalue weighted by atomic mass is 19.1. The lowest BCUT2D eigenvalue weighted by Gasteiger charge is -2.16. The number of ketones is 1. The fourth-order valence-electron chi connectivity index (χ4n) is 1.82. The number of esters is 1. The van der Waals surface area contributed by atoms with Crippen LogP contribution in [0.15, 0.2) is 24.3 Å². The van der Waals surface area contributed by atoms with Gasteiger partial charge in [-0.3, -0.25) is 9.59 Å². The van der Waals surface area contributed by atoms with E-state index in [9.17, 15) is 14.0 Å². The molecule has 0 saturated carbocycles. The summed E-state index contributed by atoms with van der Waals surface area (Å²) in [6.07, 6.45) is 0.109. The molecule has 98 valence electrons. The summed E-state index contributed by atoms with van der Waals surface area (Å²) in [6, 6.07) is 5.68. The third kappa shape index (κ3) is 3.65. The van der Waals surface area contributed by atoms with Crippen molar-refractivity contribution in [1.82, 2.24) is 0 Å². The van der Waals surface area contributed by atoms with Crippen molar-refractivity contribution in [3.05, 3.63) is 35.6 Å². The molecule has 1 aromatic carbocycles.